The number of oxime groups is 1. The Morgan fingerprint density at radius 2 is 2.14 bits per heavy atom. The van der Waals surface area contributed by atoms with Crippen LogP contribution in [-0.2, 0) is 9.63 Å². The number of rotatable bonds is 1. The number of hydrogen-bond acceptors (Lipinski definition) is 4. The molecular formula is C9H8N2O3. The summed E-state index contributed by atoms with van der Waals surface area (Å²) in [6.45, 7) is 0. The Labute approximate surface area is 80.2 Å². The van der Waals surface area contributed by atoms with Gasteiger partial charge in [-0.2, -0.15) is 5.06 Å². The third-order valence-corrected chi connectivity index (χ3v) is 2.05. The molecule has 1 aliphatic heterocycles. The predicted octanol–water partition coefficient (Wildman–Crippen LogP) is 0.773. The molecule has 1 aromatic rings. The lowest BCUT2D eigenvalue weighted by Gasteiger charge is -2.11. The van der Waals surface area contributed by atoms with Crippen LogP contribution in [0.5, 0.6) is 0 Å². The molecule has 1 aromatic carbocycles. The molecule has 1 aliphatic rings. The van der Waals surface area contributed by atoms with Gasteiger partial charge in [0, 0.05) is 5.56 Å². The Morgan fingerprint density at radius 3 is 2.79 bits per heavy atom. The fourth-order valence-electron chi connectivity index (χ4n) is 1.45. The van der Waals surface area contributed by atoms with Crippen LogP contribution < -0.4 is 5.06 Å². The maximum absolute atomic E-state index is 11.5. The van der Waals surface area contributed by atoms with Gasteiger partial charge in [-0.15, -0.1) is 0 Å². The number of carbonyl (C=O) groups excluding carboxylic acids is 1. The molecular weight excluding hydrogens is 184 g/mol. The monoisotopic (exact) mass is 192 g/mol. The van der Waals surface area contributed by atoms with Gasteiger partial charge in [-0.25, -0.2) is 0 Å². The van der Waals surface area contributed by atoms with Gasteiger partial charge in [-0.05, 0) is 6.07 Å². The second-order valence-electron chi connectivity index (χ2n) is 2.75. The van der Waals surface area contributed by atoms with E-state index in [2.05, 4.69) is 5.16 Å². The number of nitrogens with zero attached hydrogens (tertiary/aromatic N) is 2. The maximum Gasteiger partial charge on any atom is 0.304 e. The van der Waals surface area contributed by atoms with Gasteiger partial charge in [-0.3, -0.25) is 9.63 Å². The summed E-state index contributed by atoms with van der Waals surface area (Å²) < 4.78 is 0. The fraction of sp³-hybridized carbons (Fsp3) is 0.111. The molecule has 0 saturated carbocycles. The second-order valence-corrected chi connectivity index (χ2v) is 2.75. The lowest BCUT2D eigenvalue weighted by molar-refractivity contribution is -0.117. The normalized spacial score (nSPS) is 17.6. The largest absolute Gasteiger partial charge is 0.410 e. The van der Waals surface area contributed by atoms with Crippen molar-refractivity contribution in [1.82, 2.24) is 0 Å². The van der Waals surface area contributed by atoms with E-state index in [1.165, 1.54) is 7.11 Å². The van der Waals surface area contributed by atoms with Gasteiger partial charge in [0.2, 0.25) is 0 Å². The number of para-hydroxylation sites is 1. The van der Waals surface area contributed by atoms with E-state index in [-0.39, 0.29) is 5.71 Å². The molecule has 5 heteroatoms. The van der Waals surface area contributed by atoms with E-state index in [0.717, 1.165) is 5.06 Å². The average molecular weight is 192 g/mol. The van der Waals surface area contributed by atoms with Crippen LogP contribution in [0.1, 0.15) is 5.56 Å². The molecule has 72 valence electrons. The highest BCUT2D eigenvalue weighted by Crippen LogP contribution is 2.28. The van der Waals surface area contributed by atoms with Crippen molar-refractivity contribution in [3.8, 4) is 0 Å². The average Bonchev–Trinajstić information content (AvgIpc) is 2.49. The van der Waals surface area contributed by atoms with Crippen LogP contribution in [0.3, 0.4) is 0 Å². The van der Waals surface area contributed by atoms with Crippen LogP contribution in [0.25, 0.3) is 0 Å². The lowest BCUT2D eigenvalue weighted by Crippen LogP contribution is -2.28. The molecule has 0 fully saturated rings. The molecule has 0 atom stereocenters. The van der Waals surface area contributed by atoms with E-state index in [9.17, 15) is 4.79 Å². The predicted molar refractivity (Wildman–Crippen MR) is 49.3 cm³/mol. The van der Waals surface area contributed by atoms with E-state index in [1.54, 1.807) is 24.3 Å². The minimum absolute atomic E-state index is 0.00227. The number of hydroxylamine groups is 1. The van der Waals surface area contributed by atoms with Crippen molar-refractivity contribution < 1.29 is 14.8 Å². The van der Waals surface area contributed by atoms with Crippen LogP contribution in [-0.4, -0.2) is 23.9 Å². The van der Waals surface area contributed by atoms with E-state index < -0.39 is 5.91 Å². The Morgan fingerprint density at radius 1 is 1.43 bits per heavy atom. The SMILES string of the molecule is CON1C(=O)C(=NO)c2ccccc21. The zero-order chi connectivity index (χ0) is 10.1. The number of carbonyl (C=O) groups is 1. The van der Waals surface area contributed by atoms with Crippen molar-refractivity contribution in [2.45, 2.75) is 0 Å². The van der Waals surface area contributed by atoms with Gasteiger partial charge in [-0.1, -0.05) is 23.4 Å². The summed E-state index contributed by atoms with van der Waals surface area (Å²) in [5, 5.41) is 12.7. The topological polar surface area (TPSA) is 62.1 Å². The standard InChI is InChI=1S/C9H8N2O3/c1-14-11-7-5-3-2-4-6(7)8(10-13)9(11)12/h2-5,13H,1H3. The first-order valence-corrected chi connectivity index (χ1v) is 3.99. The molecule has 1 amide bonds. The molecule has 0 unspecified atom stereocenters. The van der Waals surface area contributed by atoms with Gasteiger partial charge in [0.15, 0.2) is 5.71 Å². The van der Waals surface area contributed by atoms with Gasteiger partial charge >= 0.3 is 5.91 Å². The van der Waals surface area contributed by atoms with Gasteiger partial charge < -0.3 is 5.21 Å². The van der Waals surface area contributed by atoms with Crippen molar-refractivity contribution in [1.29, 1.82) is 0 Å². The van der Waals surface area contributed by atoms with Crippen LogP contribution in [0.2, 0.25) is 0 Å². The summed E-state index contributed by atoms with van der Waals surface area (Å²) in [4.78, 5) is 16.4. The van der Waals surface area contributed by atoms with Gasteiger partial charge in [0.25, 0.3) is 0 Å². The van der Waals surface area contributed by atoms with Crippen LogP contribution in [0.15, 0.2) is 29.4 Å². The molecule has 0 radical (unpaired) electrons. The smallest absolute Gasteiger partial charge is 0.304 e. The summed E-state index contributed by atoms with van der Waals surface area (Å²) in [5.74, 6) is -0.462. The summed E-state index contributed by atoms with van der Waals surface area (Å²) >= 11 is 0. The van der Waals surface area contributed by atoms with Crippen molar-refractivity contribution in [2.24, 2.45) is 5.16 Å². The van der Waals surface area contributed by atoms with E-state index in [4.69, 9.17) is 10.0 Å². The number of fused-ring (bicyclic) bond motifs is 1. The van der Waals surface area contributed by atoms with Crippen molar-refractivity contribution in [3.05, 3.63) is 29.8 Å². The highest BCUT2D eigenvalue weighted by Gasteiger charge is 2.34. The first kappa shape index (κ1) is 8.71. The Kier molecular flexibility index (Phi) is 1.94. The molecule has 2 rings (SSSR count). The molecule has 5 nitrogen and oxygen atoms in total. The highest BCUT2D eigenvalue weighted by molar-refractivity contribution is 6.53. The first-order chi connectivity index (χ1) is 6.79. The Hall–Kier alpha value is -1.88. The minimum Gasteiger partial charge on any atom is -0.410 e. The minimum atomic E-state index is -0.462. The zero-order valence-electron chi connectivity index (χ0n) is 7.47. The van der Waals surface area contributed by atoms with Crippen molar-refractivity contribution in [2.75, 3.05) is 12.2 Å². The van der Waals surface area contributed by atoms with Crippen LogP contribution in [0, 0.1) is 0 Å². The van der Waals surface area contributed by atoms with E-state index in [1.807, 2.05) is 0 Å². The summed E-state index contributed by atoms with van der Waals surface area (Å²) in [6, 6.07) is 6.95. The van der Waals surface area contributed by atoms with Gasteiger partial charge in [0.05, 0.1) is 12.8 Å². The third kappa shape index (κ3) is 0.993. The van der Waals surface area contributed by atoms with Crippen molar-refractivity contribution >= 4 is 17.3 Å². The molecule has 0 bridgehead atoms. The molecule has 0 aromatic heterocycles. The summed E-state index contributed by atoms with van der Waals surface area (Å²) in [6.07, 6.45) is 0. The van der Waals surface area contributed by atoms with E-state index in [0.29, 0.717) is 11.3 Å². The number of hydrogen-bond donors (Lipinski definition) is 1. The number of benzene rings is 1. The second kappa shape index (κ2) is 3.12. The summed E-state index contributed by atoms with van der Waals surface area (Å²) in [7, 11) is 1.38. The fourth-order valence-corrected chi connectivity index (χ4v) is 1.45. The molecule has 0 spiro atoms. The Balaban J connectivity index is 2.62. The quantitative estimate of drug-likeness (QED) is 0.528. The molecule has 14 heavy (non-hydrogen) atoms. The maximum atomic E-state index is 11.5. The Bertz CT molecular complexity index is 414. The molecule has 1 N–H and O–H groups in total. The molecule has 1 heterocycles. The van der Waals surface area contributed by atoms with Crippen LogP contribution >= 0.6 is 0 Å². The highest BCUT2D eigenvalue weighted by atomic mass is 16.7. The zero-order valence-corrected chi connectivity index (χ0v) is 7.47. The third-order valence-electron chi connectivity index (χ3n) is 2.05. The van der Waals surface area contributed by atoms with Crippen LogP contribution in [0.4, 0.5) is 5.69 Å². The van der Waals surface area contributed by atoms with E-state index >= 15 is 0 Å². The number of anilines is 1. The first-order valence-electron chi connectivity index (χ1n) is 3.99. The molecule has 0 aliphatic carbocycles. The number of amides is 1. The van der Waals surface area contributed by atoms with Gasteiger partial charge in [0.1, 0.15) is 0 Å². The molecule has 0 saturated heterocycles. The lowest BCUT2D eigenvalue weighted by atomic mass is 10.1. The summed E-state index contributed by atoms with van der Waals surface area (Å²) in [5.41, 5.74) is 1.16. The van der Waals surface area contributed by atoms with Crippen molar-refractivity contribution in [3.63, 3.8) is 0 Å².